The van der Waals surface area contributed by atoms with E-state index in [2.05, 4.69) is 53.4 Å². The number of aromatic nitrogens is 2. The van der Waals surface area contributed by atoms with Gasteiger partial charge in [-0.05, 0) is 25.5 Å². The Morgan fingerprint density at radius 1 is 1.16 bits per heavy atom. The number of nitrogens with zero attached hydrogens (tertiary/aromatic N) is 2. The first kappa shape index (κ1) is 13.9. The van der Waals surface area contributed by atoms with Crippen LogP contribution in [0.4, 0.5) is 5.82 Å². The summed E-state index contributed by atoms with van der Waals surface area (Å²) in [6.07, 6.45) is 1.97. The second kappa shape index (κ2) is 6.57. The van der Waals surface area contributed by atoms with Crippen LogP contribution in [0.2, 0.25) is 0 Å². The van der Waals surface area contributed by atoms with Gasteiger partial charge in [0, 0.05) is 24.4 Å². The van der Waals surface area contributed by atoms with Crippen molar-refractivity contribution in [3.05, 3.63) is 41.7 Å². The molecule has 0 spiro atoms. The van der Waals surface area contributed by atoms with E-state index in [1.54, 1.807) is 11.8 Å². The summed E-state index contributed by atoms with van der Waals surface area (Å²) in [5.41, 5.74) is 1.27. The SMILES string of the molecule is CCCc1nc(NC)cc(Sc2ccc(C)cc2)n1. The summed E-state index contributed by atoms with van der Waals surface area (Å²) in [7, 11) is 1.89. The lowest BCUT2D eigenvalue weighted by Gasteiger charge is -2.07. The molecule has 19 heavy (non-hydrogen) atoms. The van der Waals surface area contributed by atoms with Crippen molar-refractivity contribution >= 4 is 17.6 Å². The molecule has 0 aliphatic rings. The van der Waals surface area contributed by atoms with Gasteiger partial charge in [-0.25, -0.2) is 9.97 Å². The van der Waals surface area contributed by atoms with Crippen molar-refractivity contribution < 1.29 is 0 Å². The lowest BCUT2D eigenvalue weighted by molar-refractivity contribution is 0.811. The number of nitrogens with one attached hydrogen (secondary N) is 1. The van der Waals surface area contributed by atoms with E-state index in [0.717, 1.165) is 29.5 Å². The number of hydrogen-bond donors (Lipinski definition) is 1. The third kappa shape index (κ3) is 3.96. The Kier molecular flexibility index (Phi) is 4.80. The van der Waals surface area contributed by atoms with Crippen LogP contribution in [0.15, 0.2) is 40.3 Å². The van der Waals surface area contributed by atoms with E-state index in [-0.39, 0.29) is 0 Å². The molecule has 0 aliphatic carbocycles. The number of rotatable bonds is 5. The average Bonchev–Trinajstić information content (AvgIpc) is 2.41. The molecule has 0 fully saturated rings. The van der Waals surface area contributed by atoms with E-state index in [1.807, 2.05) is 13.1 Å². The van der Waals surface area contributed by atoms with Gasteiger partial charge in [0.05, 0.1) is 0 Å². The van der Waals surface area contributed by atoms with Gasteiger partial charge in [-0.3, -0.25) is 0 Å². The van der Waals surface area contributed by atoms with E-state index in [0.29, 0.717) is 0 Å². The average molecular weight is 273 g/mol. The summed E-state index contributed by atoms with van der Waals surface area (Å²) in [4.78, 5) is 10.3. The topological polar surface area (TPSA) is 37.8 Å². The van der Waals surface area contributed by atoms with E-state index in [1.165, 1.54) is 10.5 Å². The van der Waals surface area contributed by atoms with Crippen molar-refractivity contribution in [3.63, 3.8) is 0 Å². The van der Waals surface area contributed by atoms with Crippen molar-refractivity contribution in [2.45, 2.75) is 36.6 Å². The fourth-order valence-electron chi connectivity index (χ4n) is 1.72. The van der Waals surface area contributed by atoms with Gasteiger partial charge in [0.1, 0.15) is 16.7 Å². The van der Waals surface area contributed by atoms with Gasteiger partial charge >= 0.3 is 0 Å². The first-order valence-electron chi connectivity index (χ1n) is 6.51. The molecular weight excluding hydrogens is 254 g/mol. The van der Waals surface area contributed by atoms with Gasteiger partial charge in [-0.2, -0.15) is 0 Å². The van der Waals surface area contributed by atoms with Crippen LogP contribution >= 0.6 is 11.8 Å². The summed E-state index contributed by atoms with van der Waals surface area (Å²) in [5, 5.41) is 4.09. The summed E-state index contributed by atoms with van der Waals surface area (Å²) in [6, 6.07) is 10.5. The molecule has 0 saturated heterocycles. The Balaban J connectivity index is 2.23. The molecule has 0 unspecified atom stereocenters. The lowest BCUT2D eigenvalue weighted by Crippen LogP contribution is -2.01. The maximum atomic E-state index is 4.60. The zero-order valence-corrected chi connectivity index (χ0v) is 12.4. The molecule has 0 bridgehead atoms. The summed E-state index contributed by atoms with van der Waals surface area (Å²) < 4.78 is 0. The Bertz CT molecular complexity index is 538. The number of benzene rings is 1. The lowest BCUT2D eigenvalue weighted by atomic mass is 10.2. The first-order chi connectivity index (χ1) is 9.21. The van der Waals surface area contributed by atoms with Crippen LogP contribution in [0, 0.1) is 6.92 Å². The van der Waals surface area contributed by atoms with Crippen molar-refractivity contribution in [3.8, 4) is 0 Å². The molecule has 4 heteroatoms. The minimum Gasteiger partial charge on any atom is -0.373 e. The summed E-state index contributed by atoms with van der Waals surface area (Å²) in [6.45, 7) is 4.24. The monoisotopic (exact) mass is 273 g/mol. The highest BCUT2D eigenvalue weighted by Gasteiger charge is 2.05. The van der Waals surface area contributed by atoms with Gasteiger partial charge in [0.2, 0.25) is 0 Å². The summed E-state index contributed by atoms with van der Waals surface area (Å²) >= 11 is 1.67. The van der Waals surface area contributed by atoms with E-state index < -0.39 is 0 Å². The van der Waals surface area contributed by atoms with Crippen LogP contribution < -0.4 is 5.32 Å². The first-order valence-corrected chi connectivity index (χ1v) is 7.33. The largest absolute Gasteiger partial charge is 0.373 e. The van der Waals surface area contributed by atoms with Crippen LogP contribution in [-0.2, 0) is 6.42 Å². The Labute approximate surface area is 118 Å². The third-order valence-electron chi connectivity index (χ3n) is 2.72. The van der Waals surface area contributed by atoms with E-state index in [4.69, 9.17) is 0 Å². The quantitative estimate of drug-likeness (QED) is 0.838. The molecule has 1 aromatic heterocycles. The van der Waals surface area contributed by atoms with Crippen LogP contribution in [0.25, 0.3) is 0 Å². The molecule has 0 saturated carbocycles. The minimum atomic E-state index is 0.882. The molecular formula is C15H19N3S. The predicted molar refractivity (Wildman–Crippen MR) is 80.9 cm³/mol. The van der Waals surface area contributed by atoms with Gasteiger partial charge in [-0.1, -0.05) is 36.4 Å². The molecule has 1 N–H and O–H groups in total. The molecule has 2 rings (SSSR count). The summed E-state index contributed by atoms with van der Waals surface area (Å²) in [5.74, 6) is 1.79. The zero-order chi connectivity index (χ0) is 13.7. The van der Waals surface area contributed by atoms with Crippen molar-refractivity contribution in [2.24, 2.45) is 0 Å². The number of aryl methyl sites for hydroxylation is 2. The van der Waals surface area contributed by atoms with Crippen LogP contribution in [0.1, 0.15) is 24.7 Å². The fraction of sp³-hybridized carbons (Fsp3) is 0.333. The maximum Gasteiger partial charge on any atom is 0.132 e. The van der Waals surface area contributed by atoms with Crippen molar-refractivity contribution in [2.75, 3.05) is 12.4 Å². The van der Waals surface area contributed by atoms with Crippen LogP contribution in [0.3, 0.4) is 0 Å². The smallest absolute Gasteiger partial charge is 0.132 e. The predicted octanol–water partition coefficient (Wildman–Crippen LogP) is 3.93. The molecule has 0 atom stereocenters. The van der Waals surface area contributed by atoms with E-state index >= 15 is 0 Å². The fourth-order valence-corrected chi connectivity index (χ4v) is 2.55. The molecule has 1 heterocycles. The molecule has 3 nitrogen and oxygen atoms in total. The second-order valence-corrected chi connectivity index (χ2v) is 5.52. The minimum absolute atomic E-state index is 0.882. The molecule has 1 aromatic carbocycles. The highest BCUT2D eigenvalue weighted by Crippen LogP contribution is 2.27. The standard InChI is InChI=1S/C15H19N3S/c1-4-5-13-17-14(16-3)10-15(18-13)19-12-8-6-11(2)7-9-12/h6-10H,4-5H2,1-3H3,(H,16,17,18). The highest BCUT2D eigenvalue weighted by molar-refractivity contribution is 7.99. The van der Waals surface area contributed by atoms with E-state index in [9.17, 15) is 0 Å². The molecule has 0 radical (unpaired) electrons. The van der Waals surface area contributed by atoms with Gasteiger partial charge in [0.15, 0.2) is 0 Å². The second-order valence-electron chi connectivity index (χ2n) is 4.42. The molecule has 0 aliphatic heterocycles. The third-order valence-corrected chi connectivity index (χ3v) is 3.65. The Hall–Kier alpha value is -1.55. The zero-order valence-electron chi connectivity index (χ0n) is 11.6. The maximum absolute atomic E-state index is 4.60. The molecule has 2 aromatic rings. The Morgan fingerprint density at radius 3 is 2.53 bits per heavy atom. The normalized spacial score (nSPS) is 10.5. The number of anilines is 1. The van der Waals surface area contributed by atoms with Crippen molar-refractivity contribution in [1.82, 2.24) is 9.97 Å². The van der Waals surface area contributed by atoms with Crippen LogP contribution in [-0.4, -0.2) is 17.0 Å². The molecule has 100 valence electrons. The molecule has 0 amide bonds. The van der Waals surface area contributed by atoms with Crippen LogP contribution in [0.5, 0.6) is 0 Å². The highest BCUT2D eigenvalue weighted by atomic mass is 32.2. The van der Waals surface area contributed by atoms with Gasteiger partial charge in [-0.15, -0.1) is 0 Å². The van der Waals surface area contributed by atoms with Gasteiger partial charge < -0.3 is 5.32 Å². The number of hydrogen-bond acceptors (Lipinski definition) is 4. The van der Waals surface area contributed by atoms with Gasteiger partial charge in [0.25, 0.3) is 0 Å². The van der Waals surface area contributed by atoms with Crippen molar-refractivity contribution in [1.29, 1.82) is 0 Å². The Morgan fingerprint density at radius 2 is 1.89 bits per heavy atom.